The number of rotatable bonds is 5. The average Bonchev–Trinajstić information content (AvgIpc) is 3.32. The lowest BCUT2D eigenvalue weighted by atomic mass is 9.94. The summed E-state index contributed by atoms with van der Waals surface area (Å²) in [5.74, 6) is 1.56. The van der Waals surface area contributed by atoms with E-state index in [1.165, 1.54) is 24.0 Å². The van der Waals surface area contributed by atoms with Gasteiger partial charge in [0.25, 0.3) is 0 Å². The third-order valence-corrected chi connectivity index (χ3v) is 3.98. The molecule has 0 N–H and O–H groups in total. The van der Waals surface area contributed by atoms with Crippen molar-refractivity contribution in [2.45, 2.75) is 45.1 Å². The van der Waals surface area contributed by atoms with Crippen LogP contribution in [0.25, 0.3) is 11.1 Å². The maximum Gasteiger partial charge on any atom is 0.127 e. The summed E-state index contributed by atoms with van der Waals surface area (Å²) in [6, 6.07) is 10.7. The SMILES string of the molecule is CCC(C)c1ccc(OC2CC2)c(-c2cccnc2)c1. The van der Waals surface area contributed by atoms with Crippen molar-refractivity contribution in [3.63, 3.8) is 0 Å². The van der Waals surface area contributed by atoms with Gasteiger partial charge in [-0.2, -0.15) is 0 Å². The van der Waals surface area contributed by atoms with Crippen molar-refractivity contribution in [1.82, 2.24) is 4.98 Å². The molecule has 1 saturated carbocycles. The normalized spacial score (nSPS) is 15.9. The summed E-state index contributed by atoms with van der Waals surface area (Å²) in [6.45, 7) is 4.49. The molecule has 2 heteroatoms. The minimum Gasteiger partial charge on any atom is -0.490 e. The van der Waals surface area contributed by atoms with Crippen molar-refractivity contribution in [2.75, 3.05) is 0 Å². The molecule has 1 atom stereocenters. The van der Waals surface area contributed by atoms with Gasteiger partial charge in [0.2, 0.25) is 0 Å². The van der Waals surface area contributed by atoms with Gasteiger partial charge in [0.15, 0.2) is 0 Å². The van der Waals surface area contributed by atoms with Gasteiger partial charge < -0.3 is 4.74 Å². The Labute approximate surface area is 120 Å². The Hall–Kier alpha value is -1.83. The van der Waals surface area contributed by atoms with Gasteiger partial charge in [-0.15, -0.1) is 0 Å². The second-order valence-electron chi connectivity index (χ2n) is 5.62. The van der Waals surface area contributed by atoms with Crippen LogP contribution in [0.2, 0.25) is 0 Å². The zero-order valence-electron chi connectivity index (χ0n) is 12.2. The van der Waals surface area contributed by atoms with E-state index in [9.17, 15) is 0 Å². The molecular formula is C18H21NO. The number of nitrogens with zero attached hydrogens (tertiary/aromatic N) is 1. The topological polar surface area (TPSA) is 22.1 Å². The molecule has 0 spiro atoms. The zero-order valence-corrected chi connectivity index (χ0v) is 12.2. The molecule has 1 unspecified atom stereocenters. The van der Waals surface area contributed by atoms with Gasteiger partial charge in [0.1, 0.15) is 5.75 Å². The smallest absolute Gasteiger partial charge is 0.127 e. The zero-order chi connectivity index (χ0) is 13.9. The Kier molecular flexibility index (Phi) is 3.72. The maximum absolute atomic E-state index is 6.05. The van der Waals surface area contributed by atoms with Gasteiger partial charge in [0, 0.05) is 23.5 Å². The monoisotopic (exact) mass is 267 g/mol. The standard InChI is InChI=1S/C18H21NO/c1-3-13(2)14-6-9-18(20-16-7-8-16)17(11-14)15-5-4-10-19-12-15/h4-6,9-13,16H,3,7-8H2,1-2H3. The fraction of sp³-hybridized carbons (Fsp3) is 0.389. The number of ether oxygens (including phenoxy) is 1. The number of hydrogen-bond acceptors (Lipinski definition) is 2. The van der Waals surface area contributed by atoms with E-state index in [0.717, 1.165) is 17.7 Å². The third-order valence-electron chi connectivity index (χ3n) is 3.98. The molecule has 1 fully saturated rings. The Morgan fingerprint density at radius 3 is 2.80 bits per heavy atom. The highest BCUT2D eigenvalue weighted by atomic mass is 16.5. The van der Waals surface area contributed by atoms with Crippen molar-refractivity contribution in [3.8, 4) is 16.9 Å². The van der Waals surface area contributed by atoms with E-state index in [1.54, 1.807) is 0 Å². The molecule has 0 aliphatic heterocycles. The van der Waals surface area contributed by atoms with Gasteiger partial charge in [0.05, 0.1) is 6.10 Å². The molecule has 0 amide bonds. The summed E-state index contributed by atoms with van der Waals surface area (Å²) < 4.78 is 6.05. The fourth-order valence-corrected chi connectivity index (χ4v) is 2.31. The molecule has 2 nitrogen and oxygen atoms in total. The van der Waals surface area contributed by atoms with Crippen molar-refractivity contribution >= 4 is 0 Å². The van der Waals surface area contributed by atoms with Crippen LogP contribution in [0.3, 0.4) is 0 Å². The molecule has 0 bridgehead atoms. The second-order valence-corrected chi connectivity index (χ2v) is 5.62. The molecule has 20 heavy (non-hydrogen) atoms. The Morgan fingerprint density at radius 1 is 1.30 bits per heavy atom. The Bertz CT molecular complexity index is 575. The highest BCUT2D eigenvalue weighted by Crippen LogP contribution is 2.36. The first-order chi connectivity index (χ1) is 9.78. The Balaban J connectivity index is 2.01. The van der Waals surface area contributed by atoms with Crippen LogP contribution in [0.4, 0.5) is 0 Å². The van der Waals surface area contributed by atoms with E-state index in [1.807, 2.05) is 18.5 Å². The molecule has 0 saturated heterocycles. The molecule has 2 aromatic rings. The quantitative estimate of drug-likeness (QED) is 0.776. The van der Waals surface area contributed by atoms with Gasteiger partial charge in [-0.3, -0.25) is 4.98 Å². The van der Waals surface area contributed by atoms with Crippen LogP contribution in [0, 0.1) is 0 Å². The fourth-order valence-electron chi connectivity index (χ4n) is 2.31. The molecule has 3 rings (SSSR count). The number of aromatic nitrogens is 1. The summed E-state index contributed by atoms with van der Waals surface area (Å²) in [7, 11) is 0. The van der Waals surface area contributed by atoms with Crippen molar-refractivity contribution in [1.29, 1.82) is 0 Å². The summed E-state index contributed by atoms with van der Waals surface area (Å²) in [5, 5.41) is 0. The number of pyridine rings is 1. The Morgan fingerprint density at radius 2 is 2.15 bits per heavy atom. The van der Waals surface area contributed by atoms with E-state index in [2.05, 4.69) is 43.1 Å². The second kappa shape index (κ2) is 5.66. The molecule has 1 aromatic heterocycles. The van der Waals surface area contributed by atoms with E-state index in [0.29, 0.717) is 12.0 Å². The van der Waals surface area contributed by atoms with Crippen molar-refractivity contribution in [2.24, 2.45) is 0 Å². The highest BCUT2D eigenvalue weighted by Gasteiger charge is 2.25. The van der Waals surface area contributed by atoms with Crippen LogP contribution < -0.4 is 4.74 Å². The van der Waals surface area contributed by atoms with Crippen LogP contribution in [-0.4, -0.2) is 11.1 Å². The largest absolute Gasteiger partial charge is 0.490 e. The maximum atomic E-state index is 6.05. The first kappa shape index (κ1) is 13.2. The minimum atomic E-state index is 0.417. The van der Waals surface area contributed by atoms with Crippen LogP contribution in [0.15, 0.2) is 42.7 Å². The first-order valence-corrected chi connectivity index (χ1v) is 7.49. The predicted octanol–water partition coefficient (Wildman–Crippen LogP) is 4.80. The van der Waals surface area contributed by atoms with E-state index in [4.69, 9.17) is 4.74 Å². The van der Waals surface area contributed by atoms with Crippen molar-refractivity contribution in [3.05, 3.63) is 48.3 Å². The molecule has 0 radical (unpaired) electrons. The summed E-state index contributed by atoms with van der Waals surface area (Å²) in [6.07, 6.45) is 7.65. The van der Waals surface area contributed by atoms with Crippen LogP contribution in [0.1, 0.15) is 44.6 Å². The molecule has 1 aromatic carbocycles. The number of benzene rings is 1. The van der Waals surface area contributed by atoms with Crippen LogP contribution in [-0.2, 0) is 0 Å². The van der Waals surface area contributed by atoms with Gasteiger partial charge in [-0.1, -0.05) is 26.0 Å². The van der Waals surface area contributed by atoms with Gasteiger partial charge in [-0.25, -0.2) is 0 Å². The lowest BCUT2D eigenvalue weighted by Crippen LogP contribution is -2.00. The lowest BCUT2D eigenvalue weighted by Gasteiger charge is -2.15. The van der Waals surface area contributed by atoms with Crippen LogP contribution >= 0.6 is 0 Å². The van der Waals surface area contributed by atoms with Crippen LogP contribution in [0.5, 0.6) is 5.75 Å². The lowest BCUT2D eigenvalue weighted by molar-refractivity contribution is 0.304. The van der Waals surface area contributed by atoms with Crippen molar-refractivity contribution < 1.29 is 4.74 Å². The van der Waals surface area contributed by atoms with Gasteiger partial charge >= 0.3 is 0 Å². The minimum absolute atomic E-state index is 0.417. The predicted molar refractivity (Wildman–Crippen MR) is 82.0 cm³/mol. The molecule has 1 aliphatic rings. The molecule has 104 valence electrons. The van der Waals surface area contributed by atoms with E-state index < -0.39 is 0 Å². The summed E-state index contributed by atoms with van der Waals surface area (Å²) in [5.41, 5.74) is 3.67. The molecule has 1 heterocycles. The third kappa shape index (κ3) is 2.84. The van der Waals surface area contributed by atoms with E-state index in [-0.39, 0.29) is 0 Å². The molecule has 1 aliphatic carbocycles. The van der Waals surface area contributed by atoms with Gasteiger partial charge in [-0.05, 0) is 48.9 Å². The highest BCUT2D eigenvalue weighted by molar-refractivity contribution is 5.70. The summed E-state index contributed by atoms with van der Waals surface area (Å²) >= 11 is 0. The number of hydrogen-bond donors (Lipinski definition) is 0. The van der Waals surface area contributed by atoms with E-state index >= 15 is 0 Å². The average molecular weight is 267 g/mol. The first-order valence-electron chi connectivity index (χ1n) is 7.49. The summed E-state index contributed by atoms with van der Waals surface area (Å²) in [4.78, 5) is 4.24. The molecular weight excluding hydrogens is 246 g/mol.